The summed E-state index contributed by atoms with van der Waals surface area (Å²) in [6.07, 6.45) is 3.52. The van der Waals surface area contributed by atoms with Crippen LogP contribution >= 0.6 is 0 Å². The molecule has 1 aliphatic heterocycles. The van der Waals surface area contributed by atoms with E-state index in [1.165, 1.54) is 37.1 Å². The molecular formula is C26H29FN4O2. The minimum atomic E-state index is -0.588. The van der Waals surface area contributed by atoms with Crippen LogP contribution in [-0.2, 0) is 6.67 Å². The average molecular weight is 449 g/mol. The molecule has 0 spiro atoms. The van der Waals surface area contributed by atoms with Crippen LogP contribution in [0.3, 0.4) is 0 Å². The number of hydrogen-bond acceptors (Lipinski definition) is 4. The molecule has 172 valence electrons. The Morgan fingerprint density at radius 1 is 1.12 bits per heavy atom. The van der Waals surface area contributed by atoms with Crippen molar-refractivity contribution in [2.24, 2.45) is 21.1 Å². The summed E-state index contributed by atoms with van der Waals surface area (Å²) in [5, 5.41) is 19.8. The molecule has 2 unspecified atom stereocenters. The number of amides is 1. The standard InChI is InChI=1S/C26H29FN4O2/c1-25(2)12-19-13-26(3,14-25)15-30(19)16-31-21-7-5-4-6-20(21)22(24(31)33)28-29-23(32)17-8-10-18(27)11-9-17/h4-11,19,33H,12-16H2,1-3H3. The lowest BCUT2D eigenvalue weighted by Gasteiger charge is -2.40. The van der Waals surface area contributed by atoms with Crippen molar-refractivity contribution in [2.75, 3.05) is 6.54 Å². The maximum Gasteiger partial charge on any atom is 0.295 e. The Bertz CT molecular complexity index is 1250. The highest BCUT2D eigenvalue weighted by atomic mass is 19.1. The number of carbonyl (C=O) groups excluding carboxylic acids is 1. The Labute approximate surface area is 192 Å². The van der Waals surface area contributed by atoms with Crippen molar-refractivity contribution < 1.29 is 14.3 Å². The smallest absolute Gasteiger partial charge is 0.295 e. The number of rotatable bonds is 4. The topological polar surface area (TPSA) is 70.2 Å². The van der Waals surface area contributed by atoms with Crippen LogP contribution in [0.4, 0.5) is 10.1 Å². The number of carbonyl (C=O) groups is 1. The number of hydrogen-bond donors (Lipinski definition) is 1. The van der Waals surface area contributed by atoms with E-state index in [2.05, 4.69) is 35.9 Å². The molecule has 2 aliphatic rings. The van der Waals surface area contributed by atoms with Crippen molar-refractivity contribution in [2.45, 2.75) is 52.7 Å². The number of fused-ring (bicyclic) bond motifs is 3. The first-order chi connectivity index (χ1) is 15.6. The molecule has 2 aromatic carbocycles. The van der Waals surface area contributed by atoms with Crippen molar-refractivity contribution in [3.63, 3.8) is 0 Å². The van der Waals surface area contributed by atoms with Gasteiger partial charge in [-0.05, 0) is 60.4 Å². The van der Waals surface area contributed by atoms with Crippen LogP contribution in [0.1, 0.15) is 50.4 Å². The lowest BCUT2D eigenvalue weighted by Crippen LogP contribution is -2.35. The molecule has 1 N–H and O–H groups in total. The number of benzene rings is 2. The number of azo groups is 1. The predicted octanol–water partition coefficient (Wildman–Crippen LogP) is 6.27. The lowest BCUT2D eigenvalue weighted by molar-refractivity contribution is 0.0995. The summed E-state index contributed by atoms with van der Waals surface area (Å²) >= 11 is 0. The van der Waals surface area contributed by atoms with Crippen LogP contribution < -0.4 is 0 Å². The van der Waals surface area contributed by atoms with E-state index in [0.717, 1.165) is 23.9 Å². The first-order valence-electron chi connectivity index (χ1n) is 11.4. The van der Waals surface area contributed by atoms with Gasteiger partial charge in [0.15, 0.2) is 5.69 Å². The third-order valence-corrected chi connectivity index (χ3v) is 7.10. The molecule has 6 nitrogen and oxygen atoms in total. The van der Waals surface area contributed by atoms with Gasteiger partial charge < -0.3 is 5.11 Å². The zero-order valence-corrected chi connectivity index (χ0v) is 19.3. The largest absolute Gasteiger partial charge is 0.493 e. The van der Waals surface area contributed by atoms with Crippen molar-refractivity contribution >= 4 is 22.5 Å². The molecule has 0 radical (unpaired) electrons. The minimum Gasteiger partial charge on any atom is -0.493 e. The number of halogens is 1. The van der Waals surface area contributed by atoms with Gasteiger partial charge in [0.05, 0.1) is 12.2 Å². The van der Waals surface area contributed by atoms with E-state index < -0.39 is 11.7 Å². The molecule has 2 fully saturated rings. The summed E-state index contributed by atoms with van der Waals surface area (Å²) in [6, 6.07) is 13.2. The third-order valence-electron chi connectivity index (χ3n) is 7.10. The van der Waals surface area contributed by atoms with Crippen molar-refractivity contribution in [3.8, 4) is 5.88 Å². The van der Waals surface area contributed by atoms with Gasteiger partial charge >= 0.3 is 0 Å². The maximum atomic E-state index is 13.1. The zero-order valence-electron chi connectivity index (χ0n) is 19.3. The van der Waals surface area contributed by atoms with E-state index >= 15 is 0 Å². The maximum absolute atomic E-state index is 13.1. The lowest BCUT2D eigenvalue weighted by atomic mass is 9.65. The van der Waals surface area contributed by atoms with E-state index in [9.17, 15) is 14.3 Å². The first kappa shape index (κ1) is 21.8. The van der Waals surface area contributed by atoms with Crippen molar-refractivity contribution in [1.29, 1.82) is 0 Å². The molecule has 1 aromatic heterocycles. The molecule has 3 aromatic rings. The van der Waals surface area contributed by atoms with E-state index in [1.807, 2.05) is 28.8 Å². The van der Waals surface area contributed by atoms with Crippen LogP contribution in [0.2, 0.25) is 0 Å². The first-order valence-corrected chi connectivity index (χ1v) is 11.4. The Balaban J connectivity index is 1.46. The summed E-state index contributed by atoms with van der Waals surface area (Å²) in [6.45, 7) is 8.62. The highest BCUT2D eigenvalue weighted by Crippen LogP contribution is 2.53. The van der Waals surface area contributed by atoms with Crippen molar-refractivity contribution in [3.05, 3.63) is 59.9 Å². The SMILES string of the molecule is CC1(C)CC2CC(C)(CN2Cn2c(O)c(N=NC(=O)c3ccc(F)cc3)c3ccccc32)C1. The summed E-state index contributed by atoms with van der Waals surface area (Å²) in [5.74, 6) is -1.01. The Morgan fingerprint density at radius 2 is 1.85 bits per heavy atom. The Hall–Kier alpha value is -3.06. The second kappa shape index (κ2) is 7.76. The molecule has 1 saturated carbocycles. The van der Waals surface area contributed by atoms with Gasteiger partial charge in [-0.25, -0.2) is 4.39 Å². The van der Waals surface area contributed by atoms with Crippen LogP contribution in [0.15, 0.2) is 58.8 Å². The number of nitrogens with zero attached hydrogens (tertiary/aromatic N) is 4. The average Bonchev–Trinajstić information content (AvgIpc) is 3.15. The van der Waals surface area contributed by atoms with Crippen LogP contribution in [0.25, 0.3) is 10.9 Å². The molecule has 5 rings (SSSR count). The van der Waals surface area contributed by atoms with Gasteiger partial charge in [-0.15, -0.1) is 10.2 Å². The fraction of sp³-hybridized carbons (Fsp3) is 0.423. The summed E-state index contributed by atoms with van der Waals surface area (Å²) in [5.41, 5.74) is 1.96. The molecule has 2 heterocycles. The van der Waals surface area contributed by atoms with Gasteiger partial charge in [-0.1, -0.05) is 39.0 Å². The summed E-state index contributed by atoms with van der Waals surface area (Å²) in [4.78, 5) is 14.9. The Morgan fingerprint density at radius 3 is 2.61 bits per heavy atom. The zero-order chi connectivity index (χ0) is 23.4. The highest BCUT2D eigenvalue weighted by molar-refractivity contribution is 5.97. The number of aromatic hydroxyl groups is 1. The molecule has 1 saturated heterocycles. The van der Waals surface area contributed by atoms with Crippen molar-refractivity contribution in [1.82, 2.24) is 9.47 Å². The predicted molar refractivity (Wildman–Crippen MR) is 125 cm³/mol. The van der Waals surface area contributed by atoms with E-state index in [4.69, 9.17) is 0 Å². The number of likely N-dealkylation sites (tertiary alicyclic amines) is 1. The van der Waals surface area contributed by atoms with Gasteiger partial charge in [0.2, 0.25) is 5.88 Å². The van der Waals surface area contributed by atoms with E-state index in [-0.39, 0.29) is 22.5 Å². The fourth-order valence-electron chi connectivity index (χ4n) is 6.18. The molecule has 1 amide bonds. The van der Waals surface area contributed by atoms with Crippen LogP contribution in [-0.4, -0.2) is 33.1 Å². The summed E-state index contributed by atoms with van der Waals surface area (Å²) < 4.78 is 15.0. The Kier molecular flexibility index (Phi) is 5.12. The second-order valence-corrected chi connectivity index (χ2v) is 10.7. The summed E-state index contributed by atoms with van der Waals surface area (Å²) in [7, 11) is 0. The monoisotopic (exact) mass is 448 g/mol. The van der Waals surface area contributed by atoms with Crippen LogP contribution in [0, 0.1) is 16.6 Å². The second-order valence-electron chi connectivity index (χ2n) is 10.7. The van der Waals surface area contributed by atoms with E-state index in [0.29, 0.717) is 18.1 Å². The van der Waals surface area contributed by atoms with Crippen LogP contribution in [0.5, 0.6) is 5.88 Å². The third kappa shape index (κ3) is 4.06. The quantitative estimate of drug-likeness (QED) is 0.478. The van der Waals surface area contributed by atoms with E-state index in [1.54, 1.807) is 0 Å². The molecule has 1 aliphatic carbocycles. The van der Waals surface area contributed by atoms with Gasteiger partial charge in [-0.3, -0.25) is 14.3 Å². The molecular weight excluding hydrogens is 419 g/mol. The van der Waals surface area contributed by atoms with Gasteiger partial charge in [0, 0.05) is 23.5 Å². The van der Waals surface area contributed by atoms with Gasteiger partial charge in [0.25, 0.3) is 5.91 Å². The highest BCUT2D eigenvalue weighted by Gasteiger charge is 2.49. The molecule has 33 heavy (non-hydrogen) atoms. The normalized spacial score (nSPS) is 24.7. The molecule has 2 bridgehead atoms. The fourth-order valence-corrected chi connectivity index (χ4v) is 6.18. The molecule has 2 atom stereocenters. The van der Waals surface area contributed by atoms with Gasteiger partial charge in [0.1, 0.15) is 5.82 Å². The number of aromatic nitrogens is 1. The molecule has 7 heteroatoms. The number of para-hydroxylation sites is 1. The van der Waals surface area contributed by atoms with Gasteiger partial charge in [-0.2, -0.15) is 0 Å². The minimum absolute atomic E-state index is 0.00211.